The number of aromatic nitrogens is 1. The Morgan fingerprint density at radius 3 is 3.10 bits per heavy atom. The van der Waals surface area contributed by atoms with Gasteiger partial charge >= 0.3 is 6.03 Å². The van der Waals surface area contributed by atoms with E-state index in [1.807, 2.05) is 12.4 Å². The van der Waals surface area contributed by atoms with Gasteiger partial charge in [-0.1, -0.05) is 11.6 Å². The van der Waals surface area contributed by atoms with Crippen LogP contribution in [0.25, 0.3) is 5.57 Å². The van der Waals surface area contributed by atoms with Crippen LogP contribution in [0.1, 0.15) is 24.5 Å². The maximum absolute atomic E-state index is 11.4. The molecule has 5 nitrogen and oxygen atoms in total. The van der Waals surface area contributed by atoms with Gasteiger partial charge in [0.1, 0.15) is 5.82 Å². The number of hydrogen-bond donors (Lipinski definition) is 2. The molecular weight excluding hydrogens is 252 g/mol. The van der Waals surface area contributed by atoms with Gasteiger partial charge in [0.05, 0.1) is 0 Å². The van der Waals surface area contributed by atoms with Crippen molar-refractivity contribution in [1.29, 1.82) is 0 Å². The van der Waals surface area contributed by atoms with Crippen LogP contribution >= 0.6 is 0 Å². The number of anilines is 1. The van der Waals surface area contributed by atoms with E-state index in [0.29, 0.717) is 12.4 Å². The van der Waals surface area contributed by atoms with E-state index >= 15 is 0 Å². The number of fused-ring (bicyclic) bond motifs is 1. The summed E-state index contributed by atoms with van der Waals surface area (Å²) in [6.07, 6.45) is 7.83. The Labute approximate surface area is 118 Å². The highest BCUT2D eigenvalue weighted by Crippen LogP contribution is 2.28. The third-order valence-electron chi connectivity index (χ3n) is 3.67. The zero-order valence-corrected chi connectivity index (χ0v) is 11.5. The zero-order valence-electron chi connectivity index (χ0n) is 11.5. The number of carbonyl (C=O) groups excluding carboxylic acids is 1. The van der Waals surface area contributed by atoms with E-state index in [9.17, 15) is 4.79 Å². The molecule has 3 heterocycles. The van der Waals surface area contributed by atoms with Crippen LogP contribution in [0.4, 0.5) is 10.6 Å². The molecule has 0 unspecified atom stereocenters. The maximum Gasteiger partial charge on any atom is 0.320 e. The van der Waals surface area contributed by atoms with Crippen molar-refractivity contribution in [2.45, 2.75) is 19.8 Å². The highest BCUT2D eigenvalue weighted by atomic mass is 16.2. The lowest BCUT2D eigenvalue weighted by Gasteiger charge is -2.27. The number of dihydropyridines is 1. The normalized spacial score (nSPS) is 17.8. The highest BCUT2D eigenvalue weighted by molar-refractivity contribution is 5.91. The van der Waals surface area contributed by atoms with Gasteiger partial charge in [0, 0.05) is 31.0 Å². The molecule has 2 amide bonds. The predicted octanol–water partition coefficient (Wildman–Crippen LogP) is 1.80. The first-order valence-electron chi connectivity index (χ1n) is 6.82. The minimum atomic E-state index is -0.430. The van der Waals surface area contributed by atoms with E-state index in [4.69, 9.17) is 5.73 Å². The number of allylic oxidation sites excluding steroid dienone is 2. The molecule has 0 saturated heterocycles. The molecule has 1 aromatic rings. The molecule has 0 aliphatic carbocycles. The van der Waals surface area contributed by atoms with Crippen LogP contribution in [0.5, 0.6) is 0 Å². The second-order valence-corrected chi connectivity index (χ2v) is 5.27. The Morgan fingerprint density at radius 1 is 1.50 bits per heavy atom. The molecule has 5 heteroatoms. The van der Waals surface area contributed by atoms with E-state index < -0.39 is 6.03 Å². The van der Waals surface area contributed by atoms with Gasteiger partial charge in [-0.25, -0.2) is 9.78 Å². The lowest BCUT2D eigenvalue weighted by atomic mass is 9.99. The number of nitrogens with two attached hydrogens (primary N) is 1. The van der Waals surface area contributed by atoms with Crippen LogP contribution in [-0.2, 0) is 6.42 Å². The first-order valence-corrected chi connectivity index (χ1v) is 6.82. The molecule has 104 valence electrons. The van der Waals surface area contributed by atoms with E-state index in [0.717, 1.165) is 36.1 Å². The quantitative estimate of drug-likeness (QED) is 0.817. The van der Waals surface area contributed by atoms with E-state index in [1.165, 1.54) is 5.57 Å². The Bertz CT molecular complexity index is 618. The fraction of sp³-hybridized carbons (Fsp3) is 0.333. The Kier molecular flexibility index (Phi) is 3.18. The molecule has 2 aliphatic rings. The zero-order chi connectivity index (χ0) is 14.1. The Hall–Kier alpha value is -2.30. The fourth-order valence-corrected chi connectivity index (χ4v) is 2.68. The number of primary amides is 1. The van der Waals surface area contributed by atoms with Crippen LogP contribution in [0.15, 0.2) is 30.1 Å². The van der Waals surface area contributed by atoms with E-state index in [1.54, 1.807) is 4.90 Å². The van der Waals surface area contributed by atoms with E-state index in [2.05, 4.69) is 29.4 Å². The van der Waals surface area contributed by atoms with Crippen molar-refractivity contribution in [2.75, 3.05) is 18.0 Å². The molecule has 0 aromatic carbocycles. The molecule has 20 heavy (non-hydrogen) atoms. The summed E-state index contributed by atoms with van der Waals surface area (Å²) in [5.41, 5.74) is 9.97. The molecule has 3 rings (SSSR count). The lowest BCUT2D eigenvalue weighted by Crippen LogP contribution is -2.40. The minimum absolute atomic E-state index is 0.430. The van der Waals surface area contributed by atoms with Gasteiger partial charge in [0.25, 0.3) is 0 Å². The Balaban J connectivity index is 1.98. The summed E-state index contributed by atoms with van der Waals surface area (Å²) in [4.78, 5) is 17.4. The summed E-state index contributed by atoms with van der Waals surface area (Å²) in [5.74, 6) is 0.706. The molecule has 2 aliphatic heterocycles. The number of amides is 2. The van der Waals surface area contributed by atoms with Gasteiger partial charge in [-0.05, 0) is 37.0 Å². The number of carbonyl (C=O) groups is 1. The van der Waals surface area contributed by atoms with Crippen molar-refractivity contribution in [3.05, 3.63) is 41.2 Å². The topological polar surface area (TPSA) is 71.2 Å². The molecule has 0 atom stereocenters. The summed E-state index contributed by atoms with van der Waals surface area (Å²) in [5, 5.41) is 3.25. The molecule has 0 spiro atoms. The number of rotatable bonds is 1. The number of urea groups is 1. The van der Waals surface area contributed by atoms with Crippen molar-refractivity contribution in [2.24, 2.45) is 5.73 Å². The third kappa shape index (κ3) is 2.27. The summed E-state index contributed by atoms with van der Waals surface area (Å²) in [7, 11) is 0. The van der Waals surface area contributed by atoms with Crippen molar-refractivity contribution in [1.82, 2.24) is 10.3 Å². The largest absolute Gasteiger partial charge is 0.387 e. The summed E-state index contributed by atoms with van der Waals surface area (Å²) in [6.45, 7) is 3.63. The monoisotopic (exact) mass is 270 g/mol. The smallest absolute Gasteiger partial charge is 0.320 e. The van der Waals surface area contributed by atoms with Gasteiger partial charge in [-0.3, -0.25) is 4.90 Å². The van der Waals surface area contributed by atoms with Crippen LogP contribution < -0.4 is 16.0 Å². The summed E-state index contributed by atoms with van der Waals surface area (Å²) < 4.78 is 0. The first-order chi connectivity index (χ1) is 9.65. The summed E-state index contributed by atoms with van der Waals surface area (Å²) in [6, 6.07) is 1.68. The summed E-state index contributed by atoms with van der Waals surface area (Å²) >= 11 is 0. The molecule has 0 saturated carbocycles. The molecule has 1 aromatic heterocycles. The van der Waals surface area contributed by atoms with Crippen molar-refractivity contribution in [3.63, 3.8) is 0 Å². The maximum atomic E-state index is 11.4. The van der Waals surface area contributed by atoms with Crippen LogP contribution in [0.3, 0.4) is 0 Å². The molecule has 0 fully saturated rings. The predicted molar refractivity (Wildman–Crippen MR) is 79.2 cm³/mol. The fourth-order valence-electron chi connectivity index (χ4n) is 2.68. The number of aryl methyl sites for hydroxylation is 1. The second kappa shape index (κ2) is 5.00. The van der Waals surface area contributed by atoms with E-state index in [-0.39, 0.29) is 0 Å². The number of hydrogen-bond acceptors (Lipinski definition) is 3. The highest BCUT2D eigenvalue weighted by Gasteiger charge is 2.22. The lowest BCUT2D eigenvalue weighted by molar-refractivity contribution is 0.253. The average molecular weight is 270 g/mol. The van der Waals surface area contributed by atoms with Gasteiger partial charge < -0.3 is 11.1 Å². The number of nitrogens with one attached hydrogen (secondary N) is 1. The van der Waals surface area contributed by atoms with Crippen LogP contribution in [0, 0.1) is 0 Å². The second-order valence-electron chi connectivity index (χ2n) is 5.27. The molecule has 3 N–H and O–H groups in total. The SMILES string of the molecule is CC1=CC(c2cnc3c(c2)CCCN3C(N)=O)=CNC1. The molecule has 0 bridgehead atoms. The van der Waals surface area contributed by atoms with Gasteiger partial charge in [0.15, 0.2) is 0 Å². The van der Waals surface area contributed by atoms with Crippen molar-refractivity contribution >= 4 is 17.4 Å². The van der Waals surface area contributed by atoms with Gasteiger partial charge in [-0.15, -0.1) is 0 Å². The molecular formula is C15H18N4O. The Morgan fingerprint density at radius 2 is 2.35 bits per heavy atom. The third-order valence-corrected chi connectivity index (χ3v) is 3.67. The van der Waals surface area contributed by atoms with Crippen molar-refractivity contribution in [3.8, 4) is 0 Å². The van der Waals surface area contributed by atoms with Gasteiger partial charge in [0.2, 0.25) is 0 Å². The average Bonchev–Trinajstić information content (AvgIpc) is 2.46. The van der Waals surface area contributed by atoms with Crippen molar-refractivity contribution < 1.29 is 4.79 Å². The first kappa shape index (κ1) is 12.7. The number of pyridine rings is 1. The number of nitrogens with zero attached hydrogens (tertiary/aromatic N) is 2. The van der Waals surface area contributed by atoms with Crippen LogP contribution in [-0.4, -0.2) is 24.1 Å². The standard InChI is InChI=1S/C15H18N4O/c1-10-5-12(8-17-7-10)13-6-11-3-2-4-19(15(16)20)14(11)18-9-13/h5-6,8-9,17H,2-4,7H2,1H3,(H2,16,20). The van der Waals surface area contributed by atoms with Crippen LogP contribution in [0.2, 0.25) is 0 Å². The van der Waals surface area contributed by atoms with Gasteiger partial charge in [-0.2, -0.15) is 0 Å². The molecule has 0 radical (unpaired) electrons. The minimum Gasteiger partial charge on any atom is -0.387 e.